The molecule has 0 N–H and O–H groups in total. The molecule has 2 heterocycles. The van der Waals surface area contributed by atoms with Gasteiger partial charge in [0.2, 0.25) is 9.84 Å². The first-order chi connectivity index (χ1) is 26.5. The van der Waals surface area contributed by atoms with Crippen molar-refractivity contribution >= 4 is 33.0 Å². The number of imidazole rings is 2. The lowest BCUT2D eigenvalue weighted by molar-refractivity contribution is -0.674. The van der Waals surface area contributed by atoms with Crippen molar-refractivity contribution in [2.24, 2.45) is 24.1 Å². The molecule has 6 rings (SSSR count). The number of unbranched alkanes of at least 4 members (excludes halogenated alkanes) is 2. The molecular formula is C42H44N6O6S. The fourth-order valence-electron chi connectivity index (χ4n) is 5.96. The second kappa shape index (κ2) is 17.3. The molecule has 0 amide bonds. The number of aryl methyl sites for hydroxylation is 4. The zero-order chi connectivity index (χ0) is 39.0. The number of hydrogen-bond acceptors (Lipinski definition) is 8. The summed E-state index contributed by atoms with van der Waals surface area (Å²) in [5.41, 5.74) is 0.877. The van der Waals surface area contributed by atoms with Crippen LogP contribution in [-0.4, -0.2) is 29.3 Å². The summed E-state index contributed by atoms with van der Waals surface area (Å²) in [5, 5.41) is 26.2. The van der Waals surface area contributed by atoms with Crippen molar-refractivity contribution in [1.29, 1.82) is 0 Å². The number of nitrogens with zero attached hydrogens (tertiary/aromatic N) is 6. The summed E-state index contributed by atoms with van der Waals surface area (Å²) < 4.78 is 46.3. The molecular weight excluding hydrogens is 717 g/mol. The van der Waals surface area contributed by atoms with Crippen molar-refractivity contribution in [2.75, 3.05) is 0 Å². The third-order valence-corrected chi connectivity index (χ3v) is 10.7. The van der Waals surface area contributed by atoms with Gasteiger partial charge >= 0.3 is 0 Å². The Bertz CT molecular complexity index is 2250. The molecule has 0 radical (unpaired) electrons. The minimum atomic E-state index is -3.85. The Kier molecular flexibility index (Phi) is 12.1. The summed E-state index contributed by atoms with van der Waals surface area (Å²) in [6.07, 6.45) is 11.4. The van der Waals surface area contributed by atoms with Crippen LogP contribution in [0, 0.1) is 0 Å². The van der Waals surface area contributed by atoms with Gasteiger partial charge in [0.05, 0.1) is 60.1 Å². The van der Waals surface area contributed by atoms with Crippen molar-refractivity contribution in [3.8, 4) is 23.0 Å². The van der Waals surface area contributed by atoms with Crippen LogP contribution in [-0.2, 0) is 37.0 Å². The van der Waals surface area contributed by atoms with Crippen molar-refractivity contribution in [2.45, 2.75) is 62.4 Å². The quantitative estimate of drug-likeness (QED) is 0.0691. The summed E-state index contributed by atoms with van der Waals surface area (Å²) >= 11 is 0. The van der Waals surface area contributed by atoms with Gasteiger partial charge in [0.1, 0.15) is 47.8 Å². The van der Waals surface area contributed by atoms with E-state index in [-0.39, 0.29) is 21.6 Å². The molecule has 0 aliphatic carbocycles. The molecule has 0 unspecified atom stereocenters. The third-order valence-electron chi connectivity index (χ3n) is 8.88. The van der Waals surface area contributed by atoms with Crippen molar-refractivity contribution in [1.82, 2.24) is 9.13 Å². The number of rotatable bonds is 16. The number of hydrogen-bond donors (Lipinski definition) is 0. The lowest BCUT2D eigenvalue weighted by atomic mass is 10.3. The molecule has 0 fully saturated rings. The lowest BCUT2D eigenvalue weighted by Gasteiger charge is -2.11. The van der Waals surface area contributed by atoms with Crippen LogP contribution in [0.15, 0.2) is 142 Å². The Hall–Kier alpha value is -6.21. The van der Waals surface area contributed by atoms with Gasteiger partial charge in [-0.05, 0) is 85.6 Å². The predicted octanol–water partition coefficient (Wildman–Crippen LogP) is 5.83. The van der Waals surface area contributed by atoms with Crippen LogP contribution in [0.3, 0.4) is 0 Å². The molecule has 0 atom stereocenters. The van der Waals surface area contributed by atoms with E-state index in [9.17, 15) is 18.6 Å². The van der Waals surface area contributed by atoms with Crippen LogP contribution in [0.25, 0.3) is 0 Å². The van der Waals surface area contributed by atoms with Crippen LogP contribution < -0.4 is 28.8 Å². The van der Waals surface area contributed by atoms with E-state index < -0.39 is 9.84 Å². The number of aliphatic imine (C=N–C) groups is 2. The number of benzene rings is 4. The molecule has 0 aliphatic heterocycles. The minimum Gasteiger partial charge on any atom is -0.853 e. The van der Waals surface area contributed by atoms with Crippen LogP contribution in [0.4, 0.5) is 11.4 Å². The van der Waals surface area contributed by atoms with Crippen molar-refractivity contribution in [3.05, 3.63) is 133 Å². The van der Waals surface area contributed by atoms with Gasteiger partial charge in [-0.15, -0.1) is 0 Å². The molecule has 284 valence electrons. The fraction of sp³-hybridized carbons (Fsp3) is 0.238. The van der Waals surface area contributed by atoms with Crippen LogP contribution in [0.2, 0.25) is 0 Å². The summed E-state index contributed by atoms with van der Waals surface area (Å²) in [6.45, 7) is 5.66. The Morgan fingerprint density at radius 3 is 1.40 bits per heavy atom. The molecule has 0 saturated heterocycles. The molecule has 13 heteroatoms. The Labute approximate surface area is 321 Å². The summed E-state index contributed by atoms with van der Waals surface area (Å²) in [6, 6.07) is 25.9. The van der Waals surface area contributed by atoms with Crippen LogP contribution >= 0.6 is 0 Å². The number of ether oxygens (including phenoxy) is 2. The SMILES string of the molecule is CCCCn1cc[n+](C)c1C([O-])=Nc1cccc(Oc2ccc(S(=O)(=O)c3ccc(Oc4cccc(N=C([O-])c5n(CCCC)cc[n+]5C)c4)cc3)cc2)c1. The second-order valence-corrected chi connectivity index (χ2v) is 15.0. The predicted molar refractivity (Wildman–Crippen MR) is 205 cm³/mol. The smallest absolute Gasteiger partial charge is 0.292 e. The maximum Gasteiger partial charge on any atom is 0.292 e. The Balaban J connectivity index is 1.10. The standard InChI is InChI=1S/C42H44N6O6S/c1-5-7-23-47-27-25-45(3)41(47)39(49)43-31-11-9-13-35(29-31)53-33-15-19-37(20-16-33)55(51,52)38-21-17-34(18-22-38)54-36-14-10-12-32(30-36)44-40(50)42-46(4)26-28-48(42)24-8-6-2/h9-22,25-30H,5-8,23-24H2,1-4H3. The van der Waals surface area contributed by atoms with Crippen LogP contribution in [0.5, 0.6) is 23.0 Å². The Morgan fingerprint density at radius 2 is 1.02 bits per heavy atom. The van der Waals surface area contributed by atoms with E-state index in [0.29, 0.717) is 46.0 Å². The first-order valence-electron chi connectivity index (χ1n) is 18.2. The maximum atomic E-state index is 13.5. The highest BCUT2D eigenvalue weighted by atomic mass is 32.2. The molecule has 0 saturated carbocycles. The highest BCUT2D eigenvalue weighted by Crippen LogP contribution is 2.31. The van der Waals surface area contributed by atoms with Crippen molar-refractivity contribution in [3.63, 3.8) is 0 Å². The molecule has 0 bridgehead atoms. The van der Waals surface area contributed by atoms with Gasteiger partial charge in [-0.3, -0.25) is 9.98 Å². The average molecular weight is 761 g/mol. The van der Waals surface area contributed by atoms with Gasteiger partial charge in [-0.2, -0.15) is 0 Å². The zero-order valence-electron chi connectivity index (χ0n) is 31.3. The molecule has 12 nitrogen and oxygen atoms in total. The minimum absolute atomic E-state index is 0.0926. The van der Waals surface area contributed by atoms with Gasteiger partial charge in [0.15, 0.2) is 0 Å². The normalized spacial score (nSPS) is 12.2. The lowest BCUT2D eigenvalue weighted by Crippen LogP contribution is -2.40. The maximum absolute atomic E-state index is 13.5. The van der Waals surface area contributed by atoms with Crippen LogP contribution in [0.1, 0.15) is 51.2 Å². The first kappa shape index (κ1) is 38.5. The van der Waals surface area contributed by atoms with Crippen molar-refractivity contribution < 1.29 is 37.2 Å². The Morgan fingerprint density at radius 1 is 0.618 bits per heavy atom. The van der Waals surface area contributed by atoms with Gasteiger partial charge in [0, 0.05) is 12.1 Å². The molecule has 0 aliphatic rings. The summed E-state index contributed by atoms with van der Waals surface area (Å²) in [4.78, 5) is 8.81. The average Bonchev–Trinajstić information content (AvgIpc) is 3.74. The number of aromatic nitrogens is 4. The van der Waals surface area contributed by atoms with E-state index in [1.807, 2.05) is 48.0 Å². The van der Waals surface area contributed by atoms with Gasteiger partial charge in [0.25, 0.3) is 11.6 Å². The van der Waals surface area contributed by atoms with E-state index in [4.69, 9.17) is 9.47 Å². The van der Waals surface area contributed by atoms with E-state index in [1.165, 1.54) is 24.3 Å². The molecule has 2 aromatic heterocycles. The highest BCUT2D eigenvalue weighted by molar-refractivity contribution is 7.91. The molecule has 0 spiro atoms. The van der Waals surface area contributed by atoms with Gasteiger partial charge in [-0.1, -0.05) is 38.8 Å². The number of sulfone groups is 1. The highest BCUT2D eigenvalue weighted by Gasteiger charge is 2.19. The summed E-state index contributed by atoms with van der Waals surface area (Å²) in [5.74, 6) is 1.99. The fourth-order valence-corrected chi connectivity index (χ4v) is 7.22. The van der Waals surface area contributed by atoms with E-state index in [1.54, 1.807) is 81.9 Å². The zero-order valence-corrected chi connectivity index (χ0v) is 32.1. The van der Waals surface area contributed by atoms with Gasteiger partial charge in [-0.25, -0.2) is 26.7 Å². The molecule has 6 aromatic rings. The van der Waals surface area contributed by atoms with Gasteiger partial charge < -0.3 is 19.7 Å². The first-order valence-corrected chi connectivity index (χ1v) is 19.7. The molecule has 55 heavy (non-hydrogen) atoms. The second-order valence-electron chi connectivity index (χ2n) is 13.0. The monoisotopic (exact) mass is 760 g/mol. The third kappa shape index (κ3) is 9.30. The van der Waals surface area contributed by atoms with E-state index >= 15 is 0 Å². The summed E-state index contributed by atoms with van der Waals surface area (Å²) in [7, 11) is -0.217. The topological polar surface area (TPSA) is 141 Å². The molecule has 4 aromatic carbocycles. The van der Waals surface area contributed by atoms with E-state index in [0.717, 1.165) is 38.8 Å². The largest absolute Gasteiger partial charge is 0.853 e. The van der Waals surface area contributed by atoms with E-state index in [2.05, 4.69) is 23.8 Å².